The molecular formula is C38H40O14. The Morgan fingerprint density at radius 2 is 1.06 bits per heavy atom. The second-order valence-corrected chi connectivity index (χ2v) is 12.0. The number of hydrogen-bond donors (Lipinski definition) is 0. The van der Waals surface area contributed by atoms with Crippen molar-refractivity contribution >= 4 is 29.8 Å². The molecule has 276 valence electrons. The van der Waals surface area contributed by atoms with Gasteiger partial charge in [0.15, 0.2) is 37.0 Å². The van der Waals surface area contributed by atoms with Gasteiger partial charge in [-0.15, -0.1) is 0 Å². The van der Waals surface area contributed by atoms with Crippen LogP contribution in [0.1, 0.15) is 58.3 Å². The van der Waals surface area contributed by atoms with E-state index in [1.54, 1.807) is 85.8 Å². The van der Waals surface area contributed by atoms with Gasteiger partial charge in [-0.05, 0) is 43.3 Å². The zero-order valence-electron chi connectivity index (χ0n) is 29.0. The molecule has 0 saturated carbocycles. The van der Waals surface area contributed by atoms with Gasteiger partial charge in [-0.2, -0.15) is 0 Å². The lowest BCUT2D eigenvalue weighted by Gasteiger charge is -2.45. The summed E-state index contributed by atoms with van der Waals surface area (Å²) >= 11 is 0. The summed E-state index contributed by atoms with van der Waals surface area (Å²) < 4.78 is 52.7. The van der Waals surface area contributed by atoms with Crippen molar-refractivity contribution in [1.82, 2.24) is 0 Å². The molecule has 52 heavy (non-hydrogen) atoms. The summed E-state index contributed by atoms with van der Waals surface area (Å²) in [6.07, 6.45) is -10.5. The molecular weight excluding hydrogens is 680 g/mol. The summed E-state index contributed by atoms with van der Waals surface area (Å²) in [5.41, 5.74) is 0.569. The SMILES string of the molecule is CO[C@H]1O[C@H](CO[C@@H]2C[C@@H](OC(C)=O)[C@H](OC(C)=O)[C@@H](C)O2)[C@@H](OC(=O)c2ccccc2)[C@H](OC(=O)c2ccccc2)[C@@H]1OC(=O)c1ccccc1. The summed E-state index contributed by atoms with van der Waals surface area (Å²) in [5.74, 6) is -3.54. The Morgan fingerprint density at radius 1 is 0.596 bits per heavy atom. The fraction of sp³-hybridized carbons (Fsp3) is 0.395. The highest BCUT2D eigenvalue weighted by molar-refractivity contribution is 5.91. The van der Waals surface area contributed by atoms with E-state index in [0.717, 1.165) is 0 Å². The van der Waals surface area contributed by atoms with E-state index in [-0.39, 0.29) is 29.7 Å². The zero-order chi connectivity index (χ0) is 37.2. The van der Waals surface area contributed by atoms with E-state index >= 15 is 0 Å². The average Bonchev–Trinajstić information content (AvgIpc) is 3.14. The maximum Gasteiger partial charge on any atom is 0.338 e. The van der Waals surface area contributed by atoms with Crippen molar-refractivity contribution in [3.05, 3.63) is 108 Å². The van der Waals surface area contributed by atoms with Crippen molar-refractivity contribution in [3.8, 4) is 0 Å². The van der Waals surface area contributed by atoms with Gasteiger partial charge in [0.2, 0.25) is 0 Å². The number of esters is 5. The average molecular weight is 721 g/mol. The normalized spacial score (nSPS) is 27.0. The van der Waals surface area contributed by atoms with E-state index in [9.17, 15) is 24.0 Å². The number of hydrogen-bond acceptors (Lipinski definition) is 14. The summed E-state index contributed by atoms with van der Waals surface area (Å²) in [6.45, 7) is 3.75. The molecule has 5 rings (SSSR count). The van der Waals surface area contributed by atoms with Crippen LogP contribution in [0.15, 0.2) is 91.0 Å². The first-order valence-corrected chi connectivity index (χ1v) is 16.6. The maximum atomic E-state index is 13.6. The molecule has 2 aliphatic heterocycles. The molecule has 9 atom stereocenters. The predicted molar refractivity (Wildman–Crippen MR) is 179 cm³/mol. The monoisotopic (exact) mass is 720 g/mol. The van der Waals surface area contributed by atoms with Gasteiger partial charge in [-0.25, -0.2) is 14.4 Å². The topological polar surface area (TPSA) is 168 Å². The standard InChI is InChI=1S/C38H40O14/c1-22-31(48-24(3)40)28(47-23(2)39)20-30(46-22)45-21-29-32(50-35(41)25-14-8-5-9-15-25)33(51-36(42)26-16-10-6-11-17-26)34(38(44-4)49-29)52-37(43)27-18-12-7-13-19-27/h5-19,22,28-34,38H,20-21H2,1-4H3/t22-,28-,29-,30+,31-,32-,33+,34+,38+/m1/s1. The smallest absolute Gasteiger partial charge is 0.338 e. The molecule has 0 radical (unpaired) electrons. The van der Waals surface area contributed by atoms with Crippen molar-refractivity contribution in [2.75, 3.05) is 13.7 Å². The van der Waals surface area contributed by atoms with Gasteiger partial charge in [0, 0.05) is 27.4 Å². The van der Waals surface area contributed by atoms with Crippen LogP contribution in [0.2, 0.25) is 0 Å². The molecule has 0 unspecified atom stereocenters. The minimum Gasteiger partial charge on any atom is -0.458 e. The fourth-order valence-corrected chi connectivity index (χ4v) is 5.90. The molecule has 2 heterocycles. The molecule has 2 aliphatic rings. The molecule has 3 aromatic rings. The minimum absolute atomic E-state index is 0.0273. The summed E-state index contributed by atoms with van der Waals surface area (Å²) in [4.78, 5) is 64.2. The van der Waals surface area contributed by atoms with E-state index in [2.05, 4.69) is 0 Å². The zero-order valence-corrected chi connectivity index (χ0v) is 29.0. The highest BCUT2D eigenvalue weighted by Gasteiger charge is 2.53. The van der Waals surface area contributed by atoms with Crippen LogP contribution < -0.4 is 0 Å². The molecule has 14 heteroatoms. The van der Waals surface area contributed by atoms with Gasteiger partial charge in [-0.1, -0.05) is 54.6 Å². The number of carbonyl (C=O) groups excluding carboxylic acids is 5. The molecule has 2 fully saturated rings. The first kappa shape index (κ1) is 38.1. The maximum absolute atomic E-state index is 13.6. The first-order valence-electron chi connectivity index (χ1n) is 16.6. The van der Waals surface area contributed by atoms with E-state index in [4.69, 9.17) is 42.6 Å². The van der Waals surface area contributed by atoms with Gasteiger partial charge < -0.3 is 42.6 Å². The largest absolute Gasteiger partial charge is 0.458 e. The highest BCUT2D eigenvalue weighted by Crippen LogP contribution is 2.33. The molecule has 14 nitrogen and oxygen atoms in total. The molecule has 0 N–H and O–H groups in total. The van der Waals surface area contributed by atoms with Crippen molar-refractivity contribution < 1.29 is 66.6 Å². The number of methoxy groups -OCH3 is 1. The van der Waals surface area contributed by atoms with Gasteiger partial charge in [0.1, 0.15) is 12.2 Å². The number of rotatable bonds is 12. The molecule has 0 spiro atoms. The van der Waals surface area contributed by atoms with Gasteiger partial charge in [0.05, 0.1) is 29.4 Å². The van der Waals surface area contributed by atoms with E-state index in [1.165, 1.54) is 33.1 Å². The highest BCUT2D eigenvalue weighted by atomic mass is 16.7. The Hall–Kier alpha value is -5.15. The summed E-state index contributed by atoms with van der Waals surface area (Å²) in [7, 11) is 1.31. The van der Waals surface area contributed by atoms with E-state index in [0.29, 0.717) is 0 Å². The van der Waals surface area contributed by atoms with E-state index < -0.39 is 85.2 Å². The van der Waals surface area contributed by atoms with Crippen LogP contribution >= 0.6 is 0 Å². The Kier molecular flexibility index (Phi) is 13.1. The third-order valence-corrected chi connectivity index (χ3v) is 8.27. The molecule has 0 bridgehead atoms. The Balaban J connectivity index is 1.47. The molecule has 0 amide bonds. The Bertz CT molecular complexity index is 1670. The Morgan fingerprint density at radius 3 is 1.52 bits per heavy atom. The molecule has 2 saturated heterocycles. The van der Waals surface area contributed by atoms with Crippen LogP contribution in [0, 0.1) is 0 Å². The number of benzene rings is 3. The van der Waals surface area contributed by atoms with Gasteiger partial charge in [-0.3, -0.25) is 9.59 Å². The van der Waals surface area contributed by atoms with E-state index in [1.807, 2.05) is 0 Å². The fourth-order valence-electron chi connectivity index (χ4n) is 5.90. The number of carbonyl (C=O) groups is 5. The van der Waals surface area contributed by atoms with Gasteiger partial charge >= 0.3 is 29.8 Å². The molecule has 0 aromatic heterocycles. The lowest BCUT2D eigenvalue weighted by molar-refractivity contribution is -0.309. The molecule has 3 aromatic carbocycles. The third-order valence-electron chi connectivity index (χ3n) is 8.27. The van der Waals surface area contributed by atoms with Crippen LogP contribution in [0.25, 0.3) is 0 Å². The van der Waals surface area contributed by atoms with Crippen LogP contribution in [-0.4, -0.2) is 98.9 Å². The predicted octanol–water partition coefficient (Wildman–Crippen LogP) is 4.05. The third kappa shape index (κ3) is 9.79. The van der Waals surface area contributed by atoms with Crippen LogP contribution in [-0.2, 0) is 52.2 Å². The van der Waals surface area contributed by atoms with Crippen LogP contribution in [0.3, 0.4) is 0 Å². The quantitative estimate of drug-likeness (QED) is 0.194. The summed E-state index contributed by atoms with van der Waals surface area (Å²) in [5, 5.41) is 0. The second-order valence-electron chi connectivity index (χ2n) is 12.0. The van der Waals surface area contributed by atoms with Crippen molar-refractivity contribution in [2.45, 2.75) is 82.5 Å². The van der Waals surface area contributed by atoms with Crippen LogP contribution in [0.4, 0.5) is 0 Å². The minimum atomic E-state index is -1.48. The van der Waals surface area contributed by atoms with Crippen molar-refractivity contribution in [1.29, 1.82) is 0 Å². The Labute approximate surface area is 300 Å². The number of ether oxygens (including phenoxy) is 9. The lowest BCUT2D eigenvalue weighted by atomic mass is 9.97. The molecule has 0 aliphatic carbocycles. The first-order chi connectivity index (χ1) is 25.0. The lowest BCUT2D eigenvalue weighted by Crippen LogP contribution is -2.63. The van der Waals surface area contributed by atoms with Crippen LogP contribution in [0.5, 0.6) is 0 Å². The second kappa shape index (κ2) is 17.9. The van der Waals surface area contributed by atoms with Gasteiger partial charge in [0.25, 0.3) is 0 Å². The summed E-state index contributed by atoms with van der Waals surface area (Å²) in [6, 6.07) is 24.3. The van der Waals surface area contributed by atoms with Crippen molar-refractivity contribution in [3.63, 3.8) is 0 Å². The van der Waals surface area contributed by atoms with Crippen molar-refractivity contribution in [2.24, 2.45) is 0 Å².